The van der Waals surface area contributed by atoms with Gasteiger partial charge >= 0.3 is 0 Å². The van der Waals surface area contributed by atoms with Gasteiger partial charge in [-0.1, -0.05) is 12.1 Å². The molecule has 2 aromatic rings. The van der Waals surface area contributed by atoms with Crippen molar-refractivity contribution in [2.45, 2.75) is 31.8 Å². The number of nitrogens with zero attached hydrogens (tertiary/aromatic N) is 2. The largest absolute Gasteiger partial charge is 0.497 e. The van der Waals surface area contributed by atoms with Gasteiger partial charge in [0.05, 0.1) is 19.6 Å². The Morgan fingerprint density at radius 1 is 1.40 bits per heavy atom. The van der Waals surface area contributed by atoms with E-state index in [1.165, 1.54) is 13.2 Å². The highest BCUT2D eigenvalue weighted by molar-refractivity contribution is 5.88. The van der Waals surface area contributed by atoms with Crippen LogP contribution in [0.4, 0.5) is 4.39 Å². The number of carbonyl (C=O) groups excluding carboxylic acids is 2. The number of nitrogens with one attached hydrogen (secondary N) is 2. The van der Waals surface area contributed by atoms with Crippen LogP contribution in [0, 0.1) is 5.82 Å². The van der Waals surface area contributed by atoms with E-state index in [2.05, 4.69) is 15.6 Å². The van der Waals surface area contributed by atoms with Crippen molar-refractivity contribution in [1.29, 1.82) is 0 Å². The number of methoxy groups -OCH3 is 1. The number of hydrogen-bond donors (Lipinski definition) is 2. The Balaban J connectivity index is 1.52. The maximum absolute atomic E-state index is 14.3. The second-order valence-electron chi connectivity index (χ2n) is 7.25. The Kier molecular flexibility index (Phi) is 7.73. The second-order valence-corrected chi connectivity index (χ2v) is 7.25. The lowest BCUT2D eigenvalue weighted by molar-refractivity contribution is -0.134. The molecule has 1 unspecified atom stereocenters. The number of halogens is 1. The molecule has 1 saturated heterocycles. The van der Waals surface area contributed by atoms with Gasteiger partial charge in [-0.2, -0.15) is 0 Å². The minimum Gasteiger partial charge on any atom is -0.497 e. The zero-order valence-corrected chi connectivity index (χ0v) is 17.1. The minimum atomic E-state index is -0.626. The van der Waals surface area contributed by atoms with Crippen LogP contribution in [0.2, 0.25) is 0 Å². The average molecular weight is 414 g/mol. The lowest BCUT2D eigenvalue weighted by Crippen LogP contribution is -2.56. The number of hydrogen-bond acceptors (Lipinski definition) is 5. The second kappa shape index (κ2) is 10.7. The third-order valence-corrected chi connectivity index (χ3v) is 5.14. The molecule has 30 heavy (non-hydrogen) atoms. The summed E-state index contributed by atoms with van der Waals surface area (Å²) >= 11 is 0. The zero-order valence-electron chi connectivity index (χ0n) is 17.1. The number of piperazine rings is 1. The van der Waals surface area contributed by atoms with Gasteiger partial charge in [-0.15, -0.1) is 0 Å². The Hall–Kier alpha value is -3.00. The van der Waals surface area contributed by atoms with E-state index < -0.39 is 6.04 Å². The molecule has 0 saturated carbocycles. The third-order valence-electron chi connectivity index (χ3n) is 5.14. The third kappa shape index (κ3) is 6.00. The molecule has 0 spiro atoms. The average Bonchev–Trinajstić information content (AvgIpc) is 2.75. The smallest absolute Gasteiger partial charge is 0.237 e. The summed E-state index contributed by atoms with van der Waals surface area (Å²) in [6.45, 7) is 1.80. The van der Waals surface area contributed by atoms with Gasteiger partial charge in [0.25, 0.3) is 0 Å². The lowest BCUT2D eigenvalue weighted by Gasteiger charge is -2.34. The summed E-state index contributed by atoms with van der Waals surface area (Å²) in [7, 11) is 1.48. The first-order valence-corrected chi connectivity index (χ1v) is 10.1. The van der Waals surface area contributed by atoms with Crippen molar-refractivity contribution in [3.8, 4) is 5.75 Å². The van der Waals surface area contributed by atoms with Crippen LogP contribution in [0.1, 0.15) is 24.0 Å². The number of aryl methyl sites for hydroxylation is 1. The number of pyridine rings is 1. The molecule has 3 rings (SSSR count). The van der Waals surface area contributed by atoms with Gasteiger partial charge in [0, 0.05) is 50.2 Å². The van der Waals surface area contributed by atoms with E-state index in [0.717, 1.165) is 18.4 Å². The highest BCUT2D eigenvalue weighted by Gasteiger charge is 2.32. The summed E-state index contributed by atoms with van der Waals surface area (Å²) < 4.78 is 19.4. The van der Waals surface area contributed by atoms with Crippen molar-refractivity contribution in [1.82, 2.24) is 20.5 Å². The summed E-state index contributed by atoms with van der Waals surface area (Å²) in [6.07, 6.45) is 5.18. The molecule has 0 bridgehead atoms. The van der Waals surface area contributed by atoms with Crippen molar-refractivity contribution in [3.63, 3.8) is 0 Å². The fraction of sp³-hybridized carbons (Fsp3) is 0.409. The molecule has 0 aliphatic carbocycles. The van der Waals surface area contributed by atoms with Gasteiger partial charge < -0.3 is 15.4 Å². The Labute approximate surface area is 175 Å². The van der Waals surface area contributed by atoms with Crippen molar-refractivity contribution in [2.24, 2.45) is 0 Å². The van der Waals surface area contributed by atoms with Crippen LogP contribution in [0.5, 0.6) is 5.75 Å². The Morgan fingerprint density at radius 2 is 2.27 bits per heavy atom. The Morgan fingerprint density at radius 3 is 3.00 bits per heavy atom. The molecular weight excluding hydrogens is 387 g/mol. The summed E-state index contributed by atoms with van der Waals surface area (Å²) in [6, 6.07) is 7.91. The molecule has 7 nitrogen and oxygen atoms in total. The van der Waals surface area contributed by atoms with Gasteiger partial charge in [0.15, 0.2) is 0 Å². The molecule has 1 fully saturated rings. The van der Waals surface area contributed by atoms with Crippen molar-refractivity contribution >= 4 is 11.8 Å². The van der Waals surface area contributed by atoms with Crippen LogP contribution in [-0.4, -0.2) is 54.5 Å². The summed E-state index contributed by atoms with van der Waals surface area (Å²) in [5.74, 6) is -0.349. The fourth-order valence-corrected chi connectivity index (χ4v) is 3.49. The zero-order chi connectivity index (χ0) is 21.3. The molecule has 1 aliphatic rings. The number of carbonyl (C=O) groups is 2. The predicted molar refractivity (Wildman–Crippen MR) is 110 cm³/mol. The molecule has 2 N–H and O–H groups in total. The van der Waals surface area contributed by atoms with Crippen molar-refractivity contribution < 1.29 is 18.7 Å². The topological polar surface area (TPSA) is 83.6 Å². The molecule has 8 heteroatoms. The standard InChI is InChI=1S/C22H27FN4O3/c1-30-18-7-6-17(19(23)12-18)15-27-11-10-26-22(29)20(27)13-21(28)25-9-3-5-16-4-2-8-24-14-16/h2,4,6-8,12,14,20H,3,5,9-11,13,15H2,1H3,(H,25,28)(H,26,29). The quantitative estimate of drug-likeness (QED) is 0.610. The first-order valence-electron chi connectivity index (χ1n) is 10.1. The molecular formula is C22H27FN4O3. The van der Waals surface area contributed by atoms with Crippen LogP contribution < -0.4 is 15.4 Å². The number of benzene rings is 1. The number of rotatable bonds is 9. The summed E-state index contributed by atoms with van der Waals surface area (Å²) in [5, 5.41) is 5.67. The maximum atomic E-state index is 14.3. The van der Waals surface area contributed by atoms with E-state index >= 15 is 0 Å². The van der Waals surface area contributed by atoms with Crippen LogP contribution in [-0.2, 0) is 22.6 Å². The van der Waals surface area contributed by atoms with Gasteiger partial charge in [-0.3, -0.25) is 19.5 Å². The van der Waals surface area contributed by atoms with Crippen LogP contribution >= 0.6 is 0 Å². The minimum absolute atomic E-state index is 0.0382. The first kappa shape index (κ1) is 21.7. The fourth-order valence-electron chi connectivity index (χ4n) is 3.49. The Bertz CT molecular complexity index is 863. The number of ether oxygens (including phenoxy) is 1. The van der Waals surface area contributed by atoms with E-state index in [0.29, 0.717) is 30.9 Å². The maximum Gasteiger partial charge on any atom is 0.237 e. The molecule has 2 heterocycles. The van der Waals surface area contributed by atoms with Crippen LogP contribution in [0.15, 0.2) is 42.7 Å². The van der Waals surface area contributed by atoms with Crippen LogP contribution in [0.3, 0.4) is 0 Å². The van der Waals surface area contributed by atoms with E-state index in [-0.39, 0.29) is 30.6 Å². The van der Waals surface area contributed by atoms with Crippen LogP contribution in [0.25, 0.3) is 0 Å². The number of amides is 2. The molecule has 1 aromatic heterocycles. The van der Waals surface area contributed by atoms with Gasteiger partial charge in [0.2, 0.25) is 11.8 Å². The van der Waals surface area contributed by atoms with Gasteiger partial charge in [-0.25, -0.2) is 4.39 Å². The SMILES string of the molecule is COc1ccc(CN2CCNC(=O)C2CC(=O)NCCCc2cccnc2)c(F)c1. The van der Waals surface area contributed by atoms with E-state index in [1.807, 2.05) is 23.2 Å². The monoisotopic (exact) mass is 414 g/mol. The molecule has 160 valence electrons. The normalized spacial score (nSPS) is 16.7. The summed E-state index contributed by atoms with van der Waals surface area (Å²) in [4.78, 5) is 30.7. The highest BCUT2D eigenvalue weighted by Crippen LogP contribution is 2.20. The molecule has 1 aromatic carbocycles. The molecule has 2 amide bonds. The highest BCUT2D eigenvalue weighted by atomic mass is 19.1. The van der Waals surface area contributed by atoms with E-state index in [9.17, 15) is 14.0 Å². The van der Waals surface area contributed by atoms with E-state index in [4.69, 9.17) is 4.74 Å². The predicted octanol–water partition coefficient (Wildman–Crippen LogP) is 1.67. The van der Waals surface area contributed by atoms with E-state index in [1.54, 1.807) is 18.3 Å². The van der Waals surface area contributed by atoms with Crippen molar-refractivity contribution in [2.75, 3.05) is 26.7 Å². The number of aromatic nitrogens is 1. The first-order chi connectivity index (χ1) is 14.6. The van der Waals surface area contributed by atoms with Gasteiger partial charge in [-0.05, 0) is 30.5 Å². The molecule has 1 atom stereocenters. The lowest BCUT2D eigenvalue weighted by atomic mass is 10.1. The van der Waals surface area contributed by atoms with Gasteiger partial charge in [0.1, 0.15) is 11.6 Å². The summed E-state index contributed by atoms with van der Waals surface area (Å²) in [5.41, 5.74) is 1.58. The molecule has 1 aliphatic heterocycles. The van der Waals surface area contributed by atoms with Crippen molar-refractivity contribution in [3.05, 3.63) is 59.7 Å². The molecule has 0 radical (unpaired) electrons.